The third kappa shape index (κ3) is 3.43. The summed E-state index contributed by atoms with van der Waals surface area (Å²) in [6.45, 7) is 4.82. The lowest BCUT2D eigenvalue weighted by Crippen LogP contribution is -2.24. The van der Waals surface area contributed by atoms with Crippen molar-refractivity contribution in [2.75, 3.05) is 0 Å². The normalized spacial score (nSPS) is 24.6. The fraction of sp³-hybridized carbons (Fsp3) is 0.643. The number of hydrogen-bond donors (Lipinski definition) is 1. The molecule has 0 spiro atoms. The lowest BCUT2D eigenvalue weighted by Gasteiger charge is -2.27. The van der Waals surface area contributed by atoms with Crippen LogP contribution in [0.15, 0.2) is 12.1 Å². The fourth-order valence-electron chi connectivity index (χ4n) is 2.54. The zero-order valence-corrected chi connectivity index (χ0v) is 10.8. The molecule has 2 atom stereocenters. The quantitative estimate of drug-likeness (QED) is 0.874. The molecule has 2 unspecified atom stereocenters. The molecule has 1 saturated carbocycles. The molecule has 1 aromatic heterocycles. The number of nitrogens with two attached hydrogens (primary N) is 1. The first-order chi connectivity index (χ1) is 8.17. The van der Waals surface area contributed by atoms with Crippen LogP contribution in [-0.2, 0) is 6.54 Å². The third-order valence-corrected chi connectivity index (χ3v) is 3.40. The Morgan fingerprint density at radius 1 is 1.41 bits per heavy atom. The Balaban J connectivity index is 2.04. The van der Waals surface area contributed by atoms with E-state index < -0.39 is 0 Å². The zero-order valence-electron chi connectivity index (χ0n) is 10.8. The number of ether oxygens (including phenoxy) is 1. The summed E-state index contributed by atoms with van der Waals surface area (Å²) in [7, 11) is 0. The molecule has 0 radical (unpaired) electrons. The molecule has 0 saturated heterocycles. The predicted molar refractivity (Wildman–Crippen MR) is 68.9 cm³/mol. The molecule has 2 N–H and O–H groups in total. The summed E-state index contributed by atoms with van der Waals surface area (Å²) in [6, 6.07) is 3.97. The van der Waals surface area contributed by atoms with Gasteiger partial charge in [0.25, 0.3) is 0 Å². The maximum Gasteiger partial charge on any atom is 0.214 e. The number of nitrogens with zero attached hydrogens (tertiary/aromatic N) is 1. The Morgan fingerprint density at radius 3 is 2.94 bits per heavy atom. The van der Waals surface area contributed by atoms with Gasteiger partial charge in [-0.3, -0.25) is 0 Å². The number of pyridine rings is 1. The van der Waals surface area contributed by atoms with Crippen molar-refractivity contribution in [1.29, 1.82) is 0 Å². The average molecular weight is 234 g/mol. The predicted octanol–water partition coefficient (Wildman–Crippen LogP) is 2.81. The van der Waals surface area contributed by atoms with Crippen LogP contribution >= 0.6 is 0 Å². The Hall–Kier alpha value is -1.09. The van der Waals surface area contributed by atoms with Gasteiger partial charge in [0, 0.05) is 18.3 Å². The summed E-state index contributed by atoms with van der Waals surface area (Å²) >= 11 is 0. The smallest absolute Gasteiger partial charge is 0.214 e. The van der Waals surface area contributed by atoms with Gasteiger partial charge in [-0.05, 0) is 43.7 Å². The van der Waals surface area contributed by atoms with Crippen LogP contribution in [0.3, 0.4) is 0 Å². The maximum atomic E-state index is 5.98. The first-order valence-corrected chi connectivity index (χ1v) is 6.51. The van der Waals surface area contributed by atoms with E-state index in [2.05, 4.69) is 11.9 Å². The van der Waals surface area contributed by atoms with Crippen molar-refractivity contribution < 1.29 is 4.74 Å². The number of rotatable bonds is 3. The molecule has 0 amide bonds. The molecule has 0 aliphatic heterocycles. The number of hydrogen-bond acceptors (Lipinski definition) is 3. The standard InChI is InChI=1S/C14H22N2O/c1-10-4-3-5-13(6-10)17-14-8-12(9-15)7-11(2)16-14/h7-8,10,13H,3-6,9,15H2,1-2H3. The first kappa shape index (κ1) is 12.4. The highest BCUT2D eigenvalue weighted by atomic mass is 16.5. The summed E-state index contributed by atoms with van der Waals surface area (Å²) in [4.78, 5) is 4.42. The lowest BCUT2D eigenvalue weighted by molar-refractivity contribution is 0.123. The summed E-state index contributed by atoms with van der Waals surface area (Å²) < 4.78 is 5.98. The molecule has 3 nitrogen and oxygen atoms in total. The Kier molecular flexibility index (Phi) is 4.00. The largest absolute Gasteiger partial charge is 0.474 e. The van der Waals surface area contributed by atoms with Crippen molar-refractivity contribution in [2.24, 2.45) is 11.7 Å². The van der Waals surface area contributed by atoms with Crippen molar-refractivity contribution >= 4 is 0 Å². The summed E-state index contributed by atoms with van der Waals surface area (Å²) in [5, 5.41) is 0. The summed E-state index contributed by atoms with van der Waals surface area (Å²) in [5.41, 5.74) is 7.73. The molecule has 3 heteroatoms. The zero-order chi connectivity index (χ0) is 12.3. The van der Waals surface area contributed by atoms with Crippen molar-refractivity contribution in [3.8, 4) is 5.88 Å². The Labute approximate surface area is 103 Å². The van der Waals surface area contributed by atoms with Gasteiger partial charge in [-0.15, -0.1) is 0 Å². The van der Waals surface area contributed by atoms with E-state index in [9.17, 15) is 0 Å². The van der Waals surface area contributed by atoms with Gasteiger partial charge in [0.1, 0.15) is 6.10 Å². The van der Waals surface area contributed by atoms with E-state index in [1.807, 2.05) is 19.1 Å². The van der Waals surface area contributed by atoms with Gasteiger partial charge in [-0.25, -0.2) is 4.98 Å². The lowest BCUT2D eigenvalue weighted by atomic mass is 9.89. The van der Waals surface area contributed by atoms with E-state index >= 15 is 0 Å². The molecule has 1 aliphatic carbocycles. The fourth-order valence-corrected chi connectivity index (χ4v) is 2.54. The second-order valence-electron chi connectivity index (χ2n) is 5.17. The van der Waals surface area contributed by atoms with Crippen LogP contribution in [-0.4, -0.2) is 11.1 Å². The minimum atomic E-state index is 0.332. The van der Waals surface area contributed by atoms with Crippen molar-refractivity contribution in [3.05, 3.63) is 23.4 Å². The molecule has 1 aromatic rings. The molecule has 0 bridgehead atoms. The van der Waals surface area contributed by atoms with Gasteiger partial charge >= 0.3 is 0 Å². The monoisotopic (exact) mass is 234 g/mol. The van der Waals surface area contributed by atoms with Gasteiger partial charge in [0.15, 0.2) is 0 Å². The van der Waals surface area contributed by atoms with E-state index in [4.69, 9.17) is 10.5 Å². The van der Waals surface area contributed by atoms with Gasteiger partial charge in [-0.2, -0.15) is 0 Å². The second kappa shape index (κ2) is 5.50. The van der Waals surface area contributed by atoms with Gasteiger partial charge in [0.05, 0.1) is 0 Å². The molecule has 2 rings (SSSR count). The SMILES string of the molecule is Cc1cc(CN)cc(OC2CCCC(C)C2)n1. The minimum Gasteiger partial charge on any atom is -0.474 e. The van der Waals surface area contributed by atoms with Crippen molar-refractivity contribution in [2.45, 2.75) is 52.2 Å². The van der Waals surface area contributed by atoms with Crippen LogP contribution in [0, 0.1) is 12.8 Å². The molecule has 17 heavy (non-hydrogen) atoms. The van der Waals surface area contributed by atoms with Crippen LogP contribution in [0.2, 0.25) is 0 Å². The molecule has 94 valence electrons. The van der Waals surface area contributed by atoms with Crippen LogP contribution < -0.4 is 10.5 Å². The van der Waals surface area contributed by atoms with Crippen LogP contribution in [0.1, 0.15) is 43.9 Å². The van der Waals surface area contributed by atoms with E-state index in [1.54, 1.807) is 0 Å². The van der Waals surface area contributed by atoms with E-state index in [0.29, 0.717) is 12.6 Å². The van der Waals surface area contributed by atoms with Crippen LogP contribution in [0.4, 0.5) is 0 Å². The van der Waals surface area contributed by atoms with E-state index in [-0.39, 0.29) is 0 Å². The molecule has 1 aliphatic rings. The summed E-state index contributed by atoms with van der Waals surface area (Å²) in [6.07, 6.45) is 5.22. The van der Waals surface area contributed by atoms with Crippen LogP contribution in [0.25, 0.3) is 0 Å². The number of aromatic nitrogens is 1. The van der Waals surface area contributed by atoms with Crippen LogP contribution in [0.5, 0.6) is 5.88 Å². The first-order valence-electron chi connectivity index (χ1n) is 6.51. The van der Waals surface area contributed by atoms with E-state index in [1.165, 1.54) is 12.8 Å². The van der Waals surface area contributed by atoms with Gasteiger partial charge < -0.3 is 10.5 Å². The molecular formula is C14H22N2O. The van der Waals surface area contributed by atoms with Gasteiger partial charge in [0.2, 0.25) is 5.88 Å². The Morgan fingerprint density at radius 2 is 2.24 bits per heavy atom. The maximum absolute atomic E-state index is 5.98. The highest BCUT2D eigenvalue weighted by Crippen LogP contribution is 2.27. The highest BCUT2D eigenvalue weighted by molar-refractivity contribution is 5.24. The number of aryl methyl sites for hydroxylation is 1. The van der Waals surface area contributed by atoms with Gasteiger partial charge in [-0.1, -0.05) is 13.3 Å². The second-order valence-corrected chi connectivity index (χ2v) is 5.17. The Bertz CT molecular complexity index is 378. The average Bonchev–Trinajstić information content (AvgIpc) is 2.28. The minimum absolute atomic E-state index is 0.332. The topological polar surface area (TPSA) is 48.1 Å². The third-order valence-electron chi connectivity index (χ3n) is 3.40. The van der Waals surface area contributed by atoms with Crippen molar-refractivity contribution in [3.63, 3.8) is 0 Å². The summed E-state index contributed by atoms with van der Waals surface area (Å²) in [5.74, 6) is 1.51. The molecular weight excluding hydrogens is 212 g/mol. The highest BCUT2D eigenvalue weighted by Gasteiger charge is 2.20. The molecule has 0 aromatic carbocycles. The van der Waals surface area contributed by atoms with E-state index in [0.717, 1.165) is 35.9 Å². The van der Waals surface area contributed by atoms with Crippen molar-refractivity contribution in [1.82, 2.24) is 4.98 Å². The molecule has 1 heterocycles. The molecule has 1 fully saturated rings.